The second kappa shape index (κ2) is 4.18. The molecule has 1 heterocycles. The van der Waals surface area contributed by atoms with Gasteiger partial charge in [0.05, 0.1) is 5.60 Å². The van der Waals surface area contributed by atoms with Gasteiger partial charge in [0.15, 0.2) is 0 Å². The molecule has 1 nitrogen and oxygen atoms in total. The summed E-state index contributed by atoms with van der Waals surface area (Å²) in [6, 6.07) is 6.35. The lowest BCUT2D eigenvalue weighted by molar-refractivity contribution is 0.0683. The van der Waals surface area contributed by atoms with Gasteiger partial charge >= 0.3 is 0 Å². The average molecular weight is 222 g/mol. The van der Waals surface area contributed by atoms with Crippen molar-refractivity contribution in [1.82, 2.24) is 0 Å². The Bertz CT molecular complexity index is 333. The second-order valence-electron chi connectivity index (χ2n) is 4.57. The summed E-state index contributed by atoms with van der Waals surface area (Å²) in [5.74, 6) is 1.99. The van der Waals surface area contributed by atoms with Crippen LogP contribution in [0.1, 0.15) is 23.1 Å². The van der Waals surface area contributed by atoms with Crippen LogP contribution < -0.4 is 0 Å². The van der Waals surface area contributed by atoms with Crippen molar-refractivity contribution in [3.8, 4) is 0 Å². The van der Waals surface area contributed by atoms with E-state index in [9.17, 15) is 5.11 Å². The summed E-state index contributed by atoms with van der Waals surface area (Å²) in [7, 11) is 0. The predicted molar refractivity (Wildman–Crippen MR) is 66.5 cm³/mol. The van der Waals surface area contributed by atoms with E-state index in [0.29, 0.717) is 0 Å². The zero-order chi connectivity index (χ0) is 10.9. The zero-order valence-corrected chi connectivity index (χ0v) is 10.2. The van der Waals surface area contributed by atoms with Crippen LogP contribution in [0, 0.1) is 13.8 Å². The standard InChI is InChI=1S/C13H18OS/c1-10-4-3-5-11(2)12(10)8-13(14)6-7-15-9-13/h3-5,14H,6-9H2,1-2H3. The number of thioether (sulfide) groups is 1. The first-order chi connectivity index (χ1) is 7.11. The maximum Gasteiger partial charge on any atom is 0.0785 e. The van der Waals surface area contributed by atoms with Gasteiger partial charge < -0.3 is 5.11 Å². The number of hydrogen-bond acceptors (Lipinski definition) is 2. The molecule has 1 N–H and O–H groups in total. The molecule has 0 radical (unpaired) electrons. The summed E-state index contributed by atoms with van der Waals surface area (Å²) in [6.45, 7) is 4.27. The lowest BCUT2D eigenvalue weighted by atomic mass is 9.89. The SMILES string of the molecule is Cc1cccc(C)c1CC1(O)CCSC1. The Labute approximate surface area is 95.9 Å². The Morgan fingerprint density at radius 3 is 2.53 bits per heavy atom. The maximum absolute atomic E-state index is 10.4. The Morgan fingerprint density at radius 2 is 2.00 bits per heavy atom. The van der Waals surface area contributed by atoms with Crippen molar-refractivity contribution >= 4 is 11.8 Å². The van der Waals surface area contributed by atoms with E-state index in [1.807, 2.05) is 11.8 Å². The molecule has 1 fully saturated rings. The maximum atomic E-state index is 10.4. The van der Waals surface area contributed by atoms with E-state index in [1.54, 1.807) is 0 Å². The topological polar surface area (TPSA) is 20.2 Å². The zero-order valence-electron chi connectivity index (χ0n) is 9.42. The number of aliphatic hydroxyl groups is 1. The van der Waals surface area contributed by atoms with Gasteiger partial charge in [-0.15, -0.1) is 0 Å². The molecule has 2 heteroatoms. The molecule has 0 bridgehead atoms. The second-order valence-corrected chi connectivity index (χ2v) is 5.68. The van der Waals surface area contributed by atoms with Crippen LogP contribution in [0.4, 0.5) is 0 Å². The summed E-state index contributed by atoms with van der Waals surface area (Å²) >= 11 is 1.86. The van der Waals surface area contributed by atoms with Crippen molar-refractivity contribution in [2.24, 2.45) is 0 Å². The van der Waals surface area contributed by atoms with Crippen LogP contribution in [-0.4, -0.2) is 22.2 Å². The first-order valence-corrected chi connectivity index (χ1v) is 6.61. The molecule has 1 unspecified atom stereocenters. The van der Waals surface area contributed by atoms with Crippen LogP contribution in [0.25, 0.3) is 0 Å². The highest BCUT2D eigenvalue weighted by Gasteiger charge is 2.32. The fourth-order valence-corrected chi connectivity index (χ4v) is 3.49. The molecule has 15 heavy (non-hydrogen) atoms. The van der Waals surface area contributed by atoms with Crippen LogP contribution in [0.5, 0.6) is 0 Å². The Hall–Kier alpha value is -0.470. The smallest absolute Gasteiger partial charge is 0.0785 e. The third kappa shape index (κ3) is 2.37. The molecule has 1 saturated heterocycles. The normalized spacial score (nSPS) is 25.8. The summed E-state index contributed by atoms with van der Waals surface area (Å²) in [5.41, 5.74) is 3.49. The fraction of sp³-hybridized carbons (Fsp3) is 0.538. The van der Waals surface area contributed by atoms with E-state index >= 15 is 0 Å². The molecule has 1 atom stereocenters. The van der Waals surface area contributed by atoms with E-state index in [1.165, 1.54) is 16.7 Å². The molecule has 82 valence electrons. The minimum Gasteiger partial charge on any atom is -0.389 e. The Kier molecular flexibility index (Phi) is 3.08. The Balaban J connectivity index is 2.23. The number of aryl methyl sites for hydroxylation is 2. The number of rotatable bonds is 2. The molecule has 0 aromatic heterocycles. The Morgan fingerprint density at radius 1 is 1.33 bits per heavy atom. The molecule has 1 aromatic carbocycles. The largest absolute Gasteiger partial charge is 0.389 e. The van der Waals surface area contributed by atoms with Gasteiger partial charge in [0, 0.05) is 12.2 Å². The summed E-state index contributed by atoms with van der Waals surface area (Å²) in [6.07, 6.45) is 1.75. The van der Waals surface area contributed by atoms with Crippen molar-refractivity contribution in [2.45, 2.75) is 32.3 Å². The van der Waals surface area contributed by atoms with Crippen molar-refractivity contribution in [2.75, 3.05) is 11.5 Å². The predicted octanol–water partition coefficient (Wildman–Crippen LogP) is 2.71. The highest BCUT2D eigenvalue weighted by molar-refractivity contribution is 7.99. The van der Waals surface area contributed by atoms with Gasteiger partial charge in [-0.1, -0.05) is 18.2 Å². The van der Waals surface area contributed by atoms with E-state index < -0.39 is 5.60 Å². The number of hydrogen-bond donors (Lipinski definition) is 1. The molecule has 1 aromatic rings. The summed E-state index contributed by atoms with van der Waals surface area (Å²) < 4.78 is 0. The summed E-state index contributed by atoms with van der Waals surface area (Å²) in [4.78, 5) is 0. The van der Waals surface area contributed by atoms with Crippen LogP contribution in [0.2, 0.25) is 0 Å². The minimum atomic E-state index is -0.457. The molecule has 0 amide bonds. The monoisotopic (exact) mass is 222 g/mol. The van der Waals surface area contributed by atoms with Gasteiger partial charge in [-0.05, 0) is 42.7 Å². The van der Waals surface area contributed by atoms with Crippen LogP contribution in [0.3, 0.4) is 0 Å². The highest BCUT2D eigenvalue weighted by atomic mass is 32.2. The molecule has 0 saturated carbocycles. The highest BCUT2D eigenvalue weighted by Crippen LogP contribution is 2.32. The molecule has 1 aliphatic heterocycles. The third-order valence-electron chi connectivity index (χ3n) is 3.23. The first kappa shape index (κ1) is 11.0. The molecule has 2 rings (SSSR count). The van der Waals surface area contributed by atoms with Crippen LogP contribution in [0.15, 0.2) is 18.2 Å². The van der Waals surface area contributed by atoms with E-state index in [2.05, 4.69) is 32.0 Å². The molecular formula is C13H18OS. The van der Waals surface area contributed by atoms with Gasteiger partial charge in [0.25, 0.3) is 0 Å². The number of benzene rings is 1. The van der Waals surface area contributed by atoms with Crippen molar-refractivity contribution < 1.29 is 5.11 Å². The van der Waals surface area contributed by atoms with Gasteiger partial charge in [0.2, 0.25) is 0 Å². The summed E-state index contributed by atoms with van der Waals surface area (Å²) in [5, 5.41) is 10.4. The van der Waals surface area contributed by atoms with Gasteiger partial charge in [-0.3, -0.25) is 0 Å². The fourth-order valence-electron chi connectivity index (χ4n) is 2.19. The van der Waals surface area contributed by atoms with Gasteiger partial charge in [0.1, 0.15) is 0 Å². The average Bonchev–Trinajstić information content (AvgIpc) is 2.60. The first-order valence-electron chi connectivity index (χ1n) is 5.46. The van der Waals surface area contributed by atoms with Crippen LogP contribution in [-0.2, 0) is 6.42 Å². The lowest BCUT2D eigenvalue weighted by Crippen LogP contribution is -2.31. The van der Waals surface area contributed by atoms with Crippen molar-refractivity contribution in [3.05, 3.63) is 34.9 Å². The van der Waals surface area contributed by atoms with Crippen LogP contribution >= 0.6 is 11.8 Å². The van der Waals surface area contributed by atoms with Gasteiger partial charge in [-0.25, -0.2) is 0 Å². The minimum absolute atomic E-state index is 0.457. The van der Waals surface area contributed by atoms with Gasteiger partial charge in [-0.2, -0.15) is 11.8 Å². The molecular weight excluding hydrogens is 204 g/mol. The molecule has 0 aliphatic carbocycles. The van der Waals surface area contributed by atoms with E-state index in [0.717, 1.165) is 24.3 Å². The quantitative estimate of drug-likeness (QED) is 0.830. The van der Waals surface area contributed by atoms with Crippen molar-refractivity contribution in [1.29, 1.82) is 0 Å². The van der Waals surface area contributed by atoms with E-state index in [4.69, 9.17) is 0 Å². The van der Waals surface area contributed by atoms with Crippen molar-refractivity contribution in [3.63, 3.8) is 0 Å². The molecule has 1 aliphatic rings. The van der Waals surface area contributed by atoms with E-state index in [-0.39, 0.29) is 0 Å². The third-order valence-corrected chi connectivity index (χ3v) is 4.47. The lowest BCUT2D eigenvalue weighted by Gasteiger charge is -2.23. The molecule has 0 spiro atoms.